The molecule has 21 heavy (non-hydrogen) atoms. The smallest absolute Gasteiger partial charge is 0.142 e. The second-order valence-electron chi connectivity index (χ2n) is 5.40. The van der Waals surface area contributed by atoms with Gasteiger partial charge in [-0.05, 0) is 43.5 Å². The average Bonchev–Trinajstić information content (AvgIpc) is 2.48. The fraction of sp³-hybridized carbons (Fsp3) is 0.333. The molecule has 0 saturated heterocycles. The van der Waals surface area contributed by atoms with Gasteiger partial charge in [0, 0.05) is 11.6 Å². The lowest BCUT2D eigenvalue weighted by Gasteiger charge is -2.26. The third kappa shape index (κ3) is 3.61. The van der Waals surface area contributed by atoms with Gasteiger partial charge >= 0.3 is 0 Å². The zero-order valence-corrected chi connectivity index (χ0v) is 12.8. The molecule has 0 spiro atoms. The number of rotatable bonds is 5. The number of halogens is 1. The summed E-state index contributed by atoms with van der Waals surface area (Å²) < 4.78 is 20.2. The van der Waals surface area contributed by atoms with E-state index >= 15 is 0 Å². The highest BCUT2D eigenvalue weighted by atomic mass is 19.1. The molecule has 0 bridgehead atoms. The summed E-state index contributed by atoms with van der Waals surface area (Å²) in [5, 5.41) is 0. The molecule has 2 rings (SSSR count). The SMILES string of the molecule is CCC(N)C(Oc1cc(C)ccc1C)c1ccccc1F. The van der Waals surface area contributed by atoms with Crippen molar-refractivity contribution in [2.75, 3.05) is 0 Å². The molecule has 3 heteroatoms. The minimum absolute atomic E-state index is 0.262. The van der Waals surface area contributed by atoms with Gasteiger partial charge in [-0.3, -0.25) is 0 Å². The Morgan fingerprint density at radius 1 is 1.14 bits per heavy atom. The van der Waals surface area contributed by atoms with Crippen molar-refractivity contribution >= 4 is 0 Å². The first kappa shape index (κ1) is 15.5. The normalized spacial score (nSPS) is 13.8. The van der Waals surface area contributed by atoms with Crippen LogP contribution in [0.5, 0.6) is 5.75 Å². The molecule has 2 aromatic rings. The molecule has 0 fully saturated rings. The topological polar surface area (TPSA) is 35.2 Å². The van der Waals surface area contributed by atoms with Crippen molar-refractivity contribution in [2.45, 2.75) is 39.3 Å². The Kier molecular flexibility index (Phi) is 4.97. The zero-order chi connectivity index (χ0) is 15.4. The van der Waals surface area contributed by atoms with E-state index in [0.717, 1.165) is 16.9 Å². The molecule has 2 nitrogen and oxygen atoms in total. The fourth-order valence-corrected chi connectivity index (χ4v) is 2.27. The second-order valence-corrected chi connectivity index (χ2v) is 5.40. The summed E-state index contributed by atoms with van der Waals surface area (Å²) in [5.74, 6) is 0.476. The first-order valence-corrected chi connectivity index (χ1v) is 7.26. The van der Waals surface area contributed by atoms with E-state index in [0.29, 0.717) is 12.0 Å². The standard InChI is InChI=1S/C18H22FNO/c1-4-16(20)18(14-7-5-6-8-15(14)19)21-17-11-12(2)9-10-13(17)3/h5-11,16,18H,4,20H2,1-3H3. The van der Waals surface area contributed by atoms with Crippen molar-refractivity contribution in [2.24, 2.45) is 5.73 Å². The molecule has 2 aromatic carbocycles. The van der Waals surface area contributed by atoms with Crippen molar-refractivity contribution < 1.29 is 9.13 Å². The predicted octanol–water partition coefficient (Wildman–Crippen LogP) is 4.30. The Morgan fingerprint density at radius 2 is 1.86 bits per heavy atom. The number of aryl methyl sites for hydroxylation is 2. The number of nitrogens with two attached hydrogens (primary N) is 1. The van der Waals surface area contributed by atoms with Crippen LogP contribution in [0.25, 0.3) is 0 Å². The maximum atomic E-state index is 14.1. The Balaban J connectivity index is 2.38. The van der Waals surface area contributed by atoms with Gasteiger partial charge < -0.3 is 10.5 Å². The summed E-state index contributed by atoms with van der Waals surface area (Å²) in [6.45, 7) is 5.96. The van der Waals surface area contributed by atoms with E-state index in [9.17, 15) is 4.39 Å². The van der Waals surface area contributed by atoms with Crippen LogP contribution in [0.3, 0.4) is 0 Å². The lowest BCUT2D eigenvalue weighted by Crippen LogP contribution is -2.32. The maximum Gasteiger partial charge on any atom is 0.142 e. The third-order valence-corrected chi connectivity index (χ3v) is 3.67. The van der Waals surface area contributed by atoms with Crippen LogP contribution in [0.2, 0.25) is 0 Å². The predicted molar refractivity (Wildman–Crippen MR) is 84.0 cm³/mol. The zero-order valence-electron chi connectivity index (χ0n) is 12.8. The molecule has 2 atom stereocenters. The van der Waals surface area contributed by atoms with Crippen LogP contribution in [0, 0.1) is 19.7 Å². The Hall–Kier alpha value is -1.87. The van der Waals surface area contributed by atoms with Crippen LogP contribution in [-0.2, 0) is 0 Å². The van der Waals surface area contributed by atoms with Gasteiger partial charge in [0.25, 0.3) is 0 Å². The van der Waals surface area contributed by atoms with Gasteiger partial charge in [0.15, 0.2) is 0 Å². The quantitative estimate of drug-likeness (QED) is 0.890. The lowest BCUT2D eigenvalue weighted by atomic mass is 10.00. The van der Waals surface area contributed by atoms with Gasteiger partial charge in [0.1, 0.15) is 17.7 Å². The van der Waals surface area contributed by atoms with Crippen molar-refractivity contribution in [3.8, 4) is 5.75 Å². The molecule has 0 aliphatic heterocycles. The monoisotopic (exact) mass is 287 g/mol. The number of ether oxygens (including phenoxy) is 1. The fourth-order valence-electron chi connectivity index (χ4n) is 2.27. The van der Waals surface area contributed by atoms with Crippen molar-refractivity contribution in [1.82, 2.24) is 0 Å². The summed E-state index contributed by atoms with van der Waals surface area (Å²) in [7, 11) is 0. The van der Waals surface area contributed by atoms with E-state index in [1.54, 1.807) is 18.2 Å². The average molecular weight is 287 g/mol. The first-order valence-electron chi connectivity index (χ1n) is 7.26. The maximum absolute atomic E-state index is 14.1. The van der Waals surface area contributed by atoms with Crippen molar-refractivity contribution in [3.05, 3.63) is 65.0 Å². The van der Waals surface area contributed by atoms with Gasteiger partial charge in [0.2, 0.25) is 0 Å². The molecule has 0 radical (unpaired) electrons. The minimum Gasteiger partial charge on any atom is -0.484 e. The van der Waals surface area contributed by atoms with Gasteiger partial charge in [-0.1, -0.05) is 37.3 Å². The highest BCUT2D eigenvalue weighted by molar-refractivity contribution is 5.37. The van der Waals surface area contributed by atoms with E-state index in [-0.39, 0.29) is 11.9 Å². The van der Waals surface area contributed by atoms with E-state index in [2.05, 4.69) is 0 Å². The van der Waals surface area contributed by atoms with Crippen molar-refractivity contribution in [1.29, 1.82) is 0 Å². The lowest BCUT2D eigenvalue weighted by molar-refractivity contribution is 0.165. The van der Waals surface area contributed by atoms with E-state index < -0.39 is 6.10 Å². The van der Waals surface area contributed by atoms with Crippen LogP contribution in [0.15, 0.2) is 42.5 Å². The second kappa shape index (κ2) is 6.72. The molecule has 2 N–H and O–H groups in total. The molecular weight excluding hydrogens is 265 g/mol. The van der Waals surface area contributed by atoms with Crippen LogP contribution < -0.4 is 10.5 Å². The molecule has 0 aliphatic carbocycles. The molecule has 0 amide bonds. The largest absolute Gasteiger partial charge is 0.484 e. The first-order chi connectivity index (χ1) is 10.0. The van der Waals surface area contributed by atoms with E-state index in [1.165, 1.54) is 6.07 Å². The summed E-state index contributed by atoms with van der Waals surface area (Å²) in [5.41, 5.74) is 8.79. The van der Waals surface area contributed by atoms with Gasteiger partial charge in [-0.2, -0.15) is 0 Å². The Bertz CT molecular complexity index is 612. The molecule has 0 aromatic heterocycles. The van der Waals surface area contributed by atoms with Crippen LogP contribution in [0.1, 0.15) is 36.1 Å². The van der Waals surface area contributed by atoms with Crippen LogP contribution in [0.4, 0.5) is 4.39 Å². The highest BCUT2D eigenvalue weighted by Gasteiger charge is 2.24. The number of hydrogen-bond acceptors (Lipinski definition) is 2. The highest BCUT2D eigenvalue weighted by Crippen LogP contribution is 2.29. The summed E-state index contributed by atoms with van der Waals surface area (Å²) >= 11 is 0. The number of hydrogen-bond donors (Lipinski definition) is 1. The molecular formula is C18H22FNO. The van der Waals surface area contributed by atoms with Crippen molar-refractivity contribution in [3.63, 3.8) is 0 Å². The van der Waals surface area contributed by atoms with Crippen LogP contribution >= 0.6 is 0 Å². The molecule has 0 saturated carbocycles. The third-order valence-electron chi connectivity index (χ3n) is 3.67. The number of benzene rings is 2. The Labute approximate surface area is 125 Å². The molecule has 0 aliphatic rings. The molecule has 112 valence electrons. The van der Waals surface area contributed by atoms with E-state index in [1.807, 2.05) is 39.0 Å². The van der Waals surface area contributed by atoms with Gasteiger partial charge in [-0.25, -0.2) is 4.39 Å². The Morgan fingerprint density at radius 3 is 2.52 bits per heavy atom. The summed E-state index contributed by atoms with van der Waals surface area (Å²) in [6.07, 6.45) is 0.223. The van der Waals surface area contributed by atoms with Gasteiger partial charge in [0.05, 0.1) is 0 Å². The summed E-state index contributed by atoms with van der Waals surface area (Å²) in [6, 6.07) is 12.4. The van der Waals surface area contributed by atoms with Crippen LogP contribution in [-0.4, -0.2) is 6.04 Å². The molecule has 2 unspecified atom stereocenters. The summed E-state index contributed by atoms with van der Waals surface area (Å²) in [4.78, 5) is 0. The van der Waals surface area contributed by atoms with E-state index in [4.69, 9.17) is 10.5 Å². The van der Waals surface area contributed by atoms with Gasteiger partial charge in [-0.15, -0.1) is 0 Å². The molecule has 0 heterocycles. The minimum atomic E-state index is -0.489.